The van der Waals surface area contributed by atoms with Crippen LogP contribution in [0.25, 0.3) is 0 Å². The SMILES string of the molecule is Cc1cccc([N+](=O)[O-])c1C(=O)NC(C)CC(=O)O. The van der Waals surface area contributed by atoms with Gasteiger partial charge < -0.3 is 10.4 Å². The van der Waals surface area contributed by atoms with E-state index in [-0.39, 0.29) is 17.7 Å². The highest BCUT2D eigenvalue weighted by Gasteiger charge is 2.23. The van der Waals surface area contributed by atoms with Crippen LogP contribution in [-0.2, 0) is 4.79 Å². The first-order chi connectivity index (χ1) is 8.82. The van der Waals surface area contributed by atoms with E-state index in [1.807, 2.05) is 0 Å². The molecule has 1 amide bonds. The van der Waals surface area contributed by atoms with E-state index in [0.717, 1.165) is 0 Å². The van der Waals surface area contributed by atoms with Crippen LogP contribution in [0.4, 0.5) is 5.69 Å². The van der Waals surface area contributed by atoms with Crippen molar-refractivity contribution >= 4 is 17.6 Å². The predicted octanol–water partition coefficient (Wildman–Crippen LogP) is 1.50. The van der Waals surface area contributed by atoms with Gasteiger partial charge in [-0.05, 0) is 19.4 Å². The lowest BCUT2D eigenvalue weighted by atomic mass is 10.1. The number of benzene rings is 1. The first-order valence-electron chi connectivity index (χ1n) is 5.59. The summed E-state index contributed by atoms with van der Waals surface area (Å²) in [6, 6.07) is 3.71. The Morgan fingerprint density at radius 1 is 1.47 bits per heavy atom. The molecule has 7 heteroatoms. The number of nitrogens with zero attached hydrogens (tertiary/aromatic N) is 1. The van der Waals surface area contributed by atoms with Crippen molar-refractivity contribution in [2.45, 2.75) is 26.3 Å². The van der Waals surface area contributed by atoms with Crippen LogP contribution in [0.15, 0.2) is 18.2 Å². The van der Waals surface area contributed by atoms with Crippen LogP contribution in [0.5, 0.6) is 0 Å². The van der Waals surface area contributed by atoms with Crippen molar-refractivity contribution < 1.29 is 19.6 Å². The van der Waals surface area contributed by atoms with Crippen LogP contribution in [0.3, 0.4) is 0 Å². The molecule has 0 aliphatic carbocycles. The Kier molecular flexibility index (Phi) is 4.57. The van der Waals surface area contributed by atoms with Gasteiger partial charge in [-0.2, -0.15) is 0 Å². The summed E-state index contributed by atoms with van der Waals surface area (Å²) in [5.41, 5.74) is 0.138. The highest BCUT2D eigenvalue weighted by Crippen LogP contribution is 2.21. The molecule has 102 valence electrons. The molecule has 0 fully saturated rings. The third kappa shape index (κ3) is 3.77. The summed E-state index contributed by atoms with van der Waals surface area (Å²) in [5.74, 6) is -1.69. The van der Waals surface area contributed by atoms with Gasteiger partial charge in [0, 0.05) is 12.1 Å². The number of carboxylic acid groups (broad SMARTS) is 1. The second kappa shape index (κ2) is 5.94. The fourth-order valence-corrected chi connectivity index (χ4v) is 1.71. The van der Waals surface area contributed by atoms with E-state index in [1.165, 1.54) is 19.1 Å². The maximum atomic E-state index is 12.0. The summed E-state index contributed by atoms with van der Waals surface area (Å²) in [6.45, 7) is 3.11. The summed E-state index contributed by atoms with van der Waals surface area (Å²) in [7, 11) is 0. The molecule has 0 heterocycles. The maximum absolute atomic E-state index is 12.0. The van der Waals surface area contributed by atoms with E-state index >= 15 is 0 Å². The standard InChI is InChI=1S/C12H14N2O5/c1-7-4-3-5-9(14(18)19)11(7)12(17)13-8(2)6-10(15)16/h3-5,8H,6H2,1-2H3,(H,13,17)(H,15,16). The van der Waals surface area contributed by atoms with Crippen LogP contribution in [-0.4, -0.2) is 27.9 Å². The van der Waals surface area contributed by atoms with Gasteiger partial charge in [0.1, 0.15) is 5.56 Å². The molecule has 19 heavy (non-hydrogen) atoms. The monoisotopic (exact) mass is 266 g/mol. The number of carbonyl (C=O) groups excluding carboxylic acids is 1. The Labute approximate surface area is 109 Å². The van der Waals surface area contributed by atoms with Crippen LogP contribution in [0.2, 0.25) is 0 Å². The number of nitro groups is 1. The Bertz CT molecular complexity index is 527. The fourth-order valence-electron chi connectivity index (χ4n) is 1.71. The van der Waals surface area contributed by atoms with Gasteiger partial charge >= 0.3 is 5.97 Å². The lowest BCUT2D eigenvalue weighted by Crippen LogP contribution is -2.34. The molecule has 0 spiro atoms. The number of carboxylic acids is 1. The molecular formula is C12H14N2O5. The summed E-state index contributed by atoms with van der Waals surface area (Å²) in [4.78, 5) is 32.7. The Balaban J connectivity index is 2.99. The number of carbonyl (C=O) groups is 2. The summed E-state index contributed by atoms with van der Waals surface area (Å²) < 4.78 is 0. The molecule has 0 saturated carbocycles. The molecule has 0 radical (unpaired) electrons. The first kappa shape index (κ1) is 14.6. The average molecular weight is 266 g/mol. The van der Waals surface area contributed by atoms with E-state index < -0.39 is 22.8 Å². The molecule has 0 saturated heterocycles. The topological polar surface area (TPSA) is 110 Å². The maximum Gasteiger partial charge on any atom is 0.305 e. The number of nitrogens with one attached hydrogen (secondary N) is 1. The zero-order chi connectivity index (χ0) is 14.6. The molecule has 2 N–H and O–H groups in total. The van der Waals surface area contributed by atoms with Crippen LogP contribution in [0.1, 0.15) is 29.3 Å². The van der Waals surface area contributed by atoms with Crippen molar-refractivity contribution in [1.29, 1.82) is 0 Å². The van der Waals surface area contributed by atoms with Gasteiger partial charge in [0.25, 0.3) is 11.6 Å². The highest BCUT2D eigenvalue weighted by atomic mass is 16.6. The minimum atomic E-state index is -1.05. The molecule has 7 nitrogen and oxygen atoms in total. The van der Waals surface area contributed by atoms with Crippen LogP contribution >= 0.6 is 0 Å². The third-order valence-electron chi connectivity index (χ3n) is 2.53. The molecule has 1 aromatic rings. The van der Waals surface area contributed by atoms with E-state index in [0.29, 0.717) is 5.56 Å². The van der Waals surface area contributed by atoms with Crippen molar-refractivity contribution in [1.82, 2.24) is 5.32 Å². The Morgan fingerprint density at radius 3 is 2.63 bits per heavy atom. The smallest absolute Gasteiger partial charge is 0.305 e. The zero-order valence-corrected chi connectivity index (χ0v) is 10.5. The molecular weight excluding hydrogens is 252 g/mol. The van der Waals surface area contributed by atoms with Gasteiger partial charge in [0.2, 0.25) is 0 Å². The van der Waals surface area contributed by atoms with Crippen molar-refractivity contribution in [3.8, 4) is 0 Å². The quantitative estimate of drug-likeness (QED) is 0.619. The molecule has 1 atom stereocenters. The molecule has 0 aromatic heterocycles. The van der Waals surface area contributed by atoms with Gasteiger partial charge in [0.15, 0.2) is 0 Å². The molecule has 1 unspecified atom stereocenters. The highest BCUT2D eigenvalue weighted by molar-refractivity contribution is 5.99. The van der Waals surface area contributed by atoms with Crippen LogP contribution in [0, 0.1) is 17.0 Å². The van der Waals surface area contributed by atoms with Gasteiger partial charge in [0.05, 0.1) is 11.3 Å². The van der Waals surface area contributed by atoms with Gasteiger partial charge in [-0.15, -0.1) is 0 Å². The van der Waals surface area contributed by atoms with Crippen LogP contribution < -0.4 is 5.32 Å². The number of rotatable bonds is 5. The first-order valence-corrected chi connectivity index (χ1v) is 5.59. The van der Waals surface area contributed by atoms with E-state index in [1.54, 1.807) is 13.0 Å². The number of aryl methyl sites for hydroxylation is 1. The number of hydrogen-bond donors (Lipinski definition) is 2. The number of aliphatic carboxylic acids is 1. The predicted molar refractivity (Wildman–Crippen MR) is 67.0 cm³/mol. The van der Waals surface area contributed by atoms with E-state index in [9.17, 15) is 19.7 Å². The molecule has 0 aliphatic heterocycles. The number of hydrogen-bond acceptors (Lipinski definition) is 4. The largest absolute Gasteiger partial charge is 0.481 e. The minimum Gasteiger partial charge on any atom is -0.481 e. The zero-order valence-electron chi connectivity index (χ0n) is 10.5. The fraction of sp³-hybridized carbons (Fsp3) is 0.333. The lowest BCUT2D eigenvalue weighted by Gasteiger charge is -2.12. The molecule has 1 rings (SSSR count). The van der Waals surface area contributed by atoms with Crippen molar-refractivity contribution in [2.75, 3.05) is 0 Å². The van der Waals surface area contributed by atoms with Gasteiger partial charge in [-0.3, -0.25) is 19.7 Å². The van der Waals surface area contributed by atoms with Crippen molar-refractivity contribution in [2.24, 2.45) is 0 Å². The molecule has 1 aromatic carbocycles. The van der Waals surface area contributed by atoms with E-state index in [4.69, 9.17) is 5.11 Å². The average Bonchev–Trinajstić information content (AvgIpc) is 2.26. The normalized spacial score (nSPS) is 11.7. The second-order valence-corrected chi connectivity index (χ2v) is 4.20. The third-order valence-corrected chi connectivity index (χ3v) is 2.53. The molecule has 0 aliphatic rings. The number of amides is 1. The number of nitro benzene ring substituents is 1. The lowest BCUT2D eigenvalue weighted by molar-refractivity contribution is -0.385. The second-order valence-electron chi connectivity index (χ2n) is 4.20. The molecule has 0 bridgehead atoms. The van der Waals surface area contributed by atoms with Crippen molar-refractivity contribution in [3.05, 3.63) is 39.4 Å². The summed E-state index contributed by atoms with van der Waals surface area (Å²) in [5, 5.41) is 21.9. The summed E-state index contributed by atoms with van der Waals surface area (Å²) in [6.07, 6.45) is -0.245. The Morgan fingerprint density at radius 2 is 2.11 bits per heavy atom. The summed E-state index contributed by atoms with van der Waals surface area (Å²) >= 11 is 0. The van der Waals surface area contributed by atoms with Crippen molar-refractivity contribution in [3.63, 3.8) is 0 Å². The van der Waals surface area contributed by atoms with Gasteiger partial charge in [-0.25, -0.2) is 0 Å². The van der Waals surface area contributed by atoms with E-state index in [2.05, 4.69) is 5.32 Å². The Hall–Kier alpha value is -2.44. The minimum absolute atomic E-state index is 0.0373. The van der Waals surface area contributed by atoms with Gasteiger partial charge in [-0.1, -0.05) is 12.1 Å².